The number of benzene rings is 1. The molecule has 5 heteroatoms. The molecular weight excluding hydrogens is 262 g/mol. The Kier molecular flexibility index (Phi) is 4.62. The second-order valence-corrected chi connectivity index (χ2v) is 5.59. The predicted molar refractivity (Wildman–Crippen MR) is 82.8 cm³/mol. The van der Waals surface area contributed by atoms with Gasteiger partial charge in [0.15, 0.2) is 0 Å². The van der Waals surface area contributed by atoms with Gasteiger partial charge in [0, 0.05) is 25.7 Å². The second kappa shape index (κ2) is 6.83. The molecule has 1 aliphatic heterocycles. The first-order chi connectivity index (χ1) is 10.4. The second-order valence-electron chi connectivity index (χ2n) is 5.59. The van der Waals surface area contributed by atoms with E-state index < -0.39 is 0 Å². The summed E-state index contributed by atoms with van der Waals surface area (Å²) in [7, 11) is 0. The molecule has 0 spiro atoms. The zero-order chi connectivity index (χ0) is 14.5. The van der Waals surface area contributed by atoms with E-state index in [2.05, 4.69) is 62.2 Å². The van der Waals surface area contributed by atoms with Crippen molar-refractivity contribution in [1.29, 1.82) is 0 Å². The maximum atomic E-state index is 4.20. The van der Waals surface area contributed by atoms with Gasteiger partial charge in [0.2, 0.25) is 0 Å². The van der Waals surface area contributed by atoms with Crippen molar-refractivity contribution in [2.75, 3.05) is 19.6 Å². The lowest BCUT2D eigenvalue weighted by Gasteiger charge is -2.31. The fraction of sp³-hybridized carbons (Fsp3) is 0.500. The summed E-state index contributed by atoms with van der Waals surface area (Å²) in [5.41, 5.74) is 1.36. The minimum absolute atomic E-state index is 0.376. The van der Waals surface area contributed by atoms with Crippen molar-refractivity contribution in [3.05, 3.63) is 48.0 Å². The number of fused-ring (bicyclic) bond motifs is 1. The van der Waals surface area contributed by atoms with E-state index in [1.165, 1.54) is 5.56 Å². The molecule has 112 valence electrons. The minimum Gasteiger partial charge on any atom is -0.315 e. The van der Waals surface area contributed by atoms with Gasteiger partial charge in [-0.15, -0.1) is 10.2 Å². The summed E-state index contributed by atoms with van der Waals surface area (Å²) >= 11 is 0. The third-order valence-corrected chi connectivity index (χ3v) is 4.00. The Morgan fingerprint density at radius 1 is 1.24 bits per heavy atom. The summed E-state index contributed by atoms with van der Waals surface area (Å²) in [4.78, 5) is 2.46. The SMILES string of the molecule is CCCNC(CN1CCn2cnnc2C1)c1ccccc1. The molecule has 1 aliphatic rings. The van der Waals surface area contributed by atoms with Gasteiger partial charge in [-0.3, -0.25) is 4.90 Å². The van der Waals surface area contributed by atoms with E-state index in [-0.39, 0.29) is 0 Å². The highest BCUT2D eigenvalue weighted by Gasteiger charge is 2.21. The summed E-state index contributed by atoms with van der Waals surface area (Å²) in [6, 6.07) is 11.1. The van der Waals surface area contributed by atoms with E-state index in [0.29, 0.717) is 6.04 Å². The first kappa shape index (κ1) is 14.2. The average molecular weight is 285 g/mol. The molecule has 0 fully saturated rings. The van der Waals surface area contributed by atoms with Crippen LogP contribution in [0.4, 0.5) is 0 Å². The third kappa shape index (κ3) is 3.49. The lowest BCUT2D eigenvalue weighted by atomic mass is 10.1. The summed E-state index contributed by atoms with van der Waals surface area (Å²) in [5.74, 6) is 1.07. The Bertz CT molecular complexity index is 551. The highest BCUT2D eigenvalue weighted by molar-refractivity contribution is 5.19. The Morgan fingerprint density at radius 3 is 2.90 bits per heavy atom. The van der Waals surface area contributed by atoms with Gasteiger partial charge < -0.3 is 9.88 Å². The van der Waals surface area contributed by atoms with Crippen LogP contribution in [0.5, 0.6) is 0 Å². The van der Waals surface area contributed by atoms with Crippen LogP contribution in [0.15, 0.2) is 36.7 Å². The minimum atomic E-state index is 0.376. The molecule has 3 rings (SSSR count). The van der Waals surface area contributed by atoms with Gasteiger partial charge in [-0.1, -0.05) is 37.3 Å². The highest BCUT2D eigenvalue weighted by atomic mass is 15.3. The van der Waals surface area contributed by atoms with Crippen molar-refractivity contribution in [3.8, 4) is 0 Å². The van der Waals surface area contributed by atoms with Gasteiger partial charge in [-0.25, -0.2) is 0 Å². The van der Waals surface area contributed by atoms with Crippen molar-refractivity contribution < 1.29 is 0 Å². The van der Waals surface area contributed by atoms with E-state index in [9.17, 15) is 0 Å². The molecular formula is C16H23N5. The third-order valence-electron chi connectivity index (χ3n) is 4.00. The maximum absolute atomic E-state index is 4.20. The lowest BCUT2D eigenvalue weighted by Crippen LogP contribution is -2.40. The number of hydrogen-bond acceptors (Lipinski definition) is 4. The molecule has 1 aromatic carbocycles. The summed E-state index contributed by atoms with van der Waals surface area (Å²) in [6.07, 6.45) is 2.98. The van der Waals surface area contributed by atoms with Crippen LogP contribution in [0, 0.1) is 0 Å². The molecule has 0 saturated heterocycles. The Morgan fingerprint density at radius 2 is 2.10 bits per heavy atom. The van der Waals surface area contributed by atoms with Crippen LogP contribution in [0.1, 0.15) is 30.8 Å². The molecule has 1 aromatic heterocycles. The molecule has 0 radical (unpaired) electrons. The smallest absolute Gasteiger partial charge is 0.147 e. The van der Waals surface area contributed by atoms with Crippen molar-refractivity contribution in [3.63, 3.8) is 0 Å². The standard InChI is InChI=1S/C16H23N5/c1-2-8-17-15(14-6-4-3-5-7-14)11-20-9-10-21-13-18-19-16(21)12-20/h3-7,13,15,17H,2,8-12H2,1H3. The van der Waals surface area contributed by atoms with Crippen LogP contribution < -0.4 is 5.32 Å². The Hall–Kier alpha value is -1.72. The molecule has 0 saturated carbocycles. The molecule has 1 N–H and O–H groups in total. The van der Waals surface area contributed by atoms with Crippen molar-refractivity contribution in [2.45, 2.75) is 32.5 Å². The quantitative estimate of drug-likeness (QED) is 0.879. The van der Waals surface area contributed by atoms with E-state index in [1.807, 2.05) is 6.33 Å². The van der Waals surface area contributed by atoms with Crippen LogP contribution in [-0.4, -0.2) is 39.3 Å². The number of hydrogen-bond donors (Lipinski definition) is 1. The van der Waals surface area contributed by atoms with Crippen molar-refractivity contribution in [2.24, 2.45) is 0 Å². The van der Waals surface area contributed by atoms with Crippen LogP contribution in [-0.2, 0) is 13.1 Å². The fourth-order valence-electron chi connectivity index (χ4n) is 2.82. The predicted octanol–water partition coefficient (Wildman–Crippen LogP) is 1.83. The van der Waals surface area contributed by atoms with Crippen LogP contribution in [0.2, 0.25) is 0 Å². The maximum Gasteiger partial charge on any atom is 0.147 e. The topological polar surface area (TPSA) is 46.0 Å². The number of nitrogens with zero attached hydrogens (tertiary/aromatic N) is 4. The first-order valence-corrected chi connectivity index (χ1v) is 7.74. The first-order valence-electron chi connectivity index (χ1n) is 7.74. The molecule has 2 aromatic rings. The largest absolute Gasteiger partial charge is 0.315 e. The summed E-state index contributed by atoms with van der Waals surface area (Å²) in [5, 5.41) is 11.9. The molecule has 5 nitrogen and oxygen atoms in total. The highest BCUT2D eigenvalue weighted by Crippen LogP contribution is 2.17. The average Bonchev–Trinajstić information content (AvgIpc) is 3.00. The van der Waals surface area contributed by atoms with Crippen LogP contribution >= 0.6 is 0 Å². The molecule has 21 heavy (non-hydrogen) atoms. The van der Waals surface area contributed by atoms with E-state index in [0.717, 1.165) is 45.0 Å². The van der Waals surface area contributed by atoms with Gasteiger partial charge in [0.25, 0.3) is 0 Å². The molecule has 2 heterocycles. The molecule has 0 aliphatic carbocycles. The van der Waals surface area contributed by atoms with Gasteiger partial charge in [-0.05, 0) is 18.5 Å². The number of aromatic nitrogens is 3. The van der Waals surface area contributed by atoms with Gasteiger partial charge in [0.05, 0.1) is 6.54 Å². The van der Waals surface area contributed by atoms with Gasteiger partial charge in [0.1, 0.15) is 12.2 Å². The molecule has 1 unspecified atom stereocenters. The zero-order valence-corrected chi connectivity index (χ0v) is 12.6. The summed E-state index contributed by atoms with van der Waals surface area (Å²) < 4.78 is 2.15. The number of nitrogens with one attached hydrogen (secondary N) is 1. The lowest BCUT2D eigenvalue weighted by molar-refractivity contribution is 0.194. The summed E-state index contributed by atoms with van der Waals surface area (Å²) in [6.45, 7) is 7.19. The molecule has 1 atom stereocenters. The number of rotatable bonds is 6. The van der Waals surface area contributed by atoms with Crippen LogP contribution in [0.3, 0.4) is 0 Å². The van der Waals surface area contributed by atoms with E-state index >= 15 is 0 Å². The monoisotopic (exact) mass is 285 g/mol. The van der Waals surface area contributed by atoms with Crippen molar-refractivity contribution in [1.82, 2.24) is 25.0 Å². The molecule has 0 amide bonds. The van der Waals surface area contributed by atoms with Crippen LogP contribution in [0.25, 0.3) is 0 Å². The van der Waals surface area contributed by atoms with Gasteiger partial charge >= 0.3 is 0 Å². The molecule has 0 bridgehead atoms. The van der Waals surface area contributed by atoms with Crippen molar-refractivity contribution >= 4 is 0 Å². The normalized spacial score (nSPS) is 16.6. The van der Waals surface area contributed by atoms with E-state index in [1.54, 1.807) is 0 Å². The zero-order valence-electron chi connectivity index (χ0n) is 12.6. The Labute approximate surface area is 126 Å². The fourth-order valence-corrected chi connectivity index (χ4v) is 2.82. The van der Waals surface area contributed by atoms with E-state index in [4.69, 9.17) is 0 Å². The Balaban J connectivity index is 1.67. The van der Waals surface area contributed by atoms with Gasteiger partial charge in [-0.2, -0.15) is 0 Å².